The van der Waals surface area contributed by atoms with E-state index < -0.39 is 0 Å². The van der Waals surface area contributed by atoms with Crippen LogP contribution in [0, 0.1) is 0 Å². The normalized spacial score (nSPS) is 21.6. The van der Waals surface area contributed by atoms with Crippen LogP contribution in [0.2, 0.25) is 0 Å². The molecule has 5 heteroatoms. The fourth-order valence-corrected chi connectivity index (χ4v) is 1.91. The van der Waals surface area contributed by atoms with Crippen molar-refractivity contribution >= 4 is 23.7 Å². The van der Waals surface area contributed by atoms with Gasteiger partial charge in [0.25, 0.3) is 5.91 Å². The standard InChI is InChI=1S/C9H16N2O2S/c1-3-5-11-8(12)7(4-6-14-2)10-9(11)13/h7H,3-6H2,1-2H3,(H,10,13). The van der Waals surface area contributed by atoms with Gasteiger partial charge in [-0.25, -0.2) is 4.79 Å². The van der Waals surface area contributed by atoms with Crippen molar-refractivity contribution in [3.63, 3.8) is 0 Å². The molecular weight excluding hydrogens is 200 g/mol. The summed E-state index contributed by atoms with van der Waals surface area (Å²) in [6, 6.07) is -0.524. The number of rotatable bonds is 5. The van der Waals surface area contributed by atoms with Crippen molar-refractivity contribution in [3.8, 4) is 0 Å². The van der Waals surface area contributed by atoms with Crippen LogP contribution >= 0.6 is 11.8 Å². The third kappa shape index (κ3) is 2.41. The fraction of sp³-hybridized carbons (Fsp3) is 0.778. The van der Waals surface area contributed by atoms with Crippen molar-refractivity contribution in [1.29, 1.82) is 0 Å². The molecule has 0 spiro atoms. The van der Waals surface area contributed by atoms with Crippen LogP contribution in [0.1, 0.15) is 19.8 Å². The van der Waals surface area contributed by atoms with Gasteiger partial charge in [-0.2, -0.15) is 11.8 Å². The van der Waals surface area contributed by atoms with E-state index in [0.717, 1.165) is 18.6 Å². The molecule has 0 aliphatic carbocycles. The molecule has 1 unspecified atom stereocenters. The lowest BCUT2D eigenvalue weighted by Crippen LogP contribution is -2.32. The van der Waals surface area contributed by atoms with Crippen LogP contribution in [0.5, 0.6) is 0 Å². The molecule has 1 aliphatic heterocycles. The van der Waals surface area contributed by atoms with Gasteiger partial charge in [-0.1, -0.05) is 6.92 Å². The maximum atomic E-state index is 11.6. The second-order valence-electron chi connectivity index (χ2n) is 3.27. The first-order valence-corrected chi connectivity index (χ1v) is 6.21. The predicted molar refractivity (Wildman–Crippen MR) is 57.3 cm³/mol. The molecule has 0 aromatic rings. The number of hydrogen-bond acceptors (Lipinski definition) is 3. The smallest absolute Gasteiger partial charge is 0.324 e. The van der Waals surface area contributed by atoms with Crippen molar-refractivity contribution in [2.45, 2.75) is 25.8 Å². The minimum atomic E-state index is -0.290. The van der Waals surface area contributed by atoms with E-state index in [-0.39, 0.29) is 18.0 Å². The molecule has 14 heavy (non-hydrogen) atoms. The summed E-state index contributed by atoms with van der Waals surface area (Å²) in [5, 5.41) is 2.70. The van der Waals surface area contributed by atoms with E-state index in [1.807, 2.05) is 13.2 Å². The minimum Gasteiger partial charge on any atom is -0.326 e. The number of urea groups is 1. The van der Waals surface area contributed by atoms with E-state index in [1.165, 1.54) is 4.90 Å². The zero-order valence-corrected chi connectivity index (χ0v) is 9.39. The van der Waals surface area contributed by atoms with Crippen molar-refractivity contribution < 1.29 is 9.59 Å². The average Bonchev–Trinajstić information content (AvgIpc) is 2.43. The number of thioether (sulfide) groups is 1. The molecule has 1 heterocycles. The molecule has 0 saturated carbocycles. The molecule has 3 amide bonds. The van der Waals surface area contributed by atoms with Gasteiger partial charge in [0, 0.05) is 6.54 Å². The zero-order chi connectivity index (χ0) is 10.6. The molecule has 1 saturated heterocycles. The first-order valence-electron chi connectivity index (χ1n) is 4.81. The van der Waals surface area contributed by atoms with E-state index in [4.69, 9.17) is 0 Å². The largest absolute Gasteiger partial charge is 0.326 e. The maximum absolute atomic E-state index is 11.6. The van der Waals surface area contributed by atoms with Gasteiger partial charge in [-0.3, -0.25) is 9.69 Å². The van der Waals surface area contributed by atoms with E-state index in [0.29, 0.717) is 6.54 Å². The first-order chi connectivity index (χ1) is 6.70. The topological polar surface area (TPSA) is 49.4 Å². The summed E-state index contributed by atoms with van der Waals surface area (Å²) in [6.45, 7) is 2.48. The number of hydrogen-bond donors (Lipinski definition) is 1. The van der Waals surface area contributed by atoms with Crippen molar-refractivity contribution in [1.82, 2.24) is 10.2 Å². The number of nitrogens with one attached hydrogen (secondary N) is 1. The number of imide groups is 1. The van der Waals surface area contributed by atoms with Crippen LogP contribution < -0.4 is 5.32 Å². The zero-order valence-electron chi connectivity index (χ0n) is 8.58. The first kappa shape index (κ1) is 11.4. The van der Waals surface area contributed by atoms with E-state index in [2.05, 4.69) is 5.32 Å². The Kier molecular flexibility index (Phi) is 4.25. The number of carbonyl (C=O) groups is 2. The van der Waals surface area contributed by atoms with Gasteiger partial charge in [0.15, 0.2) is 0 Å². The lowest BCUT2D eigenvalue weighted by molar-refractivity contribution is -0.127. The van der Waals surface area contributed by atoms with Gasteiger partial charge < -0.3 is 5.32 Å². The molecule has 1 rings (SSSR count). The highest BCUT2D eigenvalue weighted by Gasteiger charge is 2.36. The molecule has 0 radical (unpaired) electrons. The summed E-state index contributed by atoms with van der Waals surface area (Å²) in [4.78, 5) is 24.3. The number of carbonyl (C=O) groups excluding carboxylic acids is 2. The molecule has 0 aromatic carbocycles. The Bertz CT molecular complexity index is 233. The summed E-state index contributed by atoms with van der Waals surface area (Å²) in [6.07, 6.45) is 3.53. The Balaban J connectivity index is 2.51. The van der Waals surface area contributed by atoms with Gasteiger partial charge in [-0.15, -0.1) is 0 Å². The summed E-state index contributed by atoms with van der Waals surface area (Å²) < 4.78 is 0. The molecule has 0 aromatic heterocycles. The highest BCUT2D eigenvalue weighted by atomic mass is 32.2. The van der Waals surface area contributed by atoms with Crippen molar-refractivity contribution in [3.05, 3.63) is 0 Å². The predicted octanol–water partition coefficient (Wildman–Crippen LogP) is 1.07. The van der Waals surface area contributed by atoms with E-state index >= 15 is 0 Å². The van der Waals surface area contributed by atoms with Crippen LogP contribution in [-0.4, -0.2) is 41.4 Å². The average molecular weight is 216 g/mol. The van der Waals surface area contributed by atoms with E-state index in [1.54, 1.807) is 11.8 Å². The van der Waals surface area contributed by atoms with Crippen molar-refractivity contribution in [2.75, 3.05) is 18.6 Å². The van der Waals surface area contributed by atoms with Crippen LogP contribution in [0.4, 0.5) is 4.79 Å². The van der Waals surface area contributed by atoms with Crippen LogP contribution in [-0.2, 0) is 4.79 Å². The van der Waals surface area contributed by atoms with Gasteiger partial charge in [-0.05, 0) is 24.9 Å². The Morgan fingerprint density at radius 1 is 1.50 bits per heavy atom. The maximum Gasteiger partial charge on any atom is 0.324 e. The molecule has 1 fully saturated rings. The number of nitrogens with zero attached hydrogens (tertiary/aromatic N) is 1. The third-order valence-corrected chi connectivity index (χ3v) is 2.81. The molecule has 1 aliphatic rings. The Hall–Kier alpha value is -0.710. The molecular formula is C9H16N2O2S. The molecule has 0 bridgehead atoms. The minimum absolute atomic E-state index is 0.0640. The SMILES string of the molecule is CCCN1C(=O)NC(CCSC)C1=O. The highest BCUT2D eigenvalue weighted by Crippen LogP contribution is 2.11. The Morgan fingerprint density at radius 2 is 2.21 bits per heavy atom. The van der Waals surface area contributed by atoms with Crippen molar-refractivity contribution in [2.24, 2.45) is 0 Å². The third-order valence-electron chi connectivity index (χ3n) is 2.16. The lowest BCUT2D eigenvalue weighted by atomic mass is 10.2. The second-order valence-corrected chi connectivity index (χ2v) is 4.26. The second kappa shape index (κ2) is 5.24. The van der Waals surface area contributed by atoms with Gasteiger partial charge >= 0.3 is 6.03 Å². The summed E-state index contributed by atoms with van der Waals surface area (Å²) in [7, 11) is 0. The van der Waals surface area contributed by atoms with Gasteiger partial charge in [0.05, 0.1) is 0 Å². The quantitative estimate of drug-likeness (QED) is 0.699. The van der Waals surface area contributed by atoms with Crippen LogP contribution in [0.25, 0.3) is 0 Å². The monoisotopic (exact) mass is 216 g/mol. The lowest BCUT2D eigenvalue weighted by Gasteiger charge is -2.10. The highest BCUT2D eigenvalue weighted by molar-refractivity contribution is 7.98. The van der Waals surface area contributed by atoms with E-state index in [9.17, 15) is 9.59 Å². The molecule has 1 N–H and O–H groups in total. The molecule has 80 valence electrons. The van der Waals surface area contributed by atoms with Gasteiger partial charge in [0.2, 0.25) is 0 Å². The summed E-state index contributed by atoms with van der Waals surface area (Å²) in [5.74, 6) is 0.835. The fourth-order valence-electron chi connectivity index (χ4n) is 1.44. The van der Waals surface area contributed by atoms with Crippen LogP contribution in [0.3, 0.4) is 0 Å². The summed E-state index contributed by atoms with van der Waals surface area (Å²) >= 11 is 1.68. The molecule has 1 atom stereocenters. The number of amides is 3. The Morgan fingerprint density at radius 3 is 2.79 bits per heavy atom. The van der Waals surface area contributed by atoms with Gasteiger partial charge in [0.1, 0.15) is 6.04 Å². The molecule has 4 nitrogen and oxygen atoms in total. The Labute approximate surface area is 88.4 Å². The summed E-state index contributed by atoms with van der Waals surface area (Å²) in [5.41, 5.74) is 0. The van der Waals surface area contributed by atoms with Crippen LogP contribution in [0.15, 0.2) is 0 Å².